The second kappa shape index (κ2) is 7.93. The van der Waals surface area contributed by atoms with Crippen molar-refractivity contribution in [1.82, 2.24) is 5.32 Å². The van der Waals surface area contributed by atoms with Crippen molar-refractivity contribution in [3.8, 4) is 5.75 Å². The van der Waals surface area contributed by atoms with E-state index in [4.69, 9.17) is 4.74 Å². The van der Waals surface area contributed by atoms with Crippen LogP contribution >= 0.6 is 15.9 Å². The van der Waals surface area contributed by atoms with E-state index in [0.29, 0.717) is 22.7 Å². The number of ether oxygens (including phenoxy) is 1. The Morgan fingerprint density at radius 2 is 1.83 bits per heavy atom. The molecule has 0 bridgehead atoms. The van der Waals surface area contributed by atoms with Gasteiger partial charge in [-0.2, -0.15) is 0 Å². The minimum Gasteiger partial charge on any atom is -0.485 e. The van der Waals surface area contributed by atoms with Gasteiger partial charge >= 0.3 is 0 Å². The standard InChI is InChI=1S/C19H21BrFNO/c20-17-11-16(10-14-6-8-22-9-7-14)12-18(21)19(17)23-13-15-4-2-1-3-5-15/h1-5,11-12,14,22H,6-10,13H2. The first-order valence-electron chi connectivity index (χ1n) is 8.08. The van der Waals surface area contributed by atoms with E-state index in [9.17, 15) is 4.39 Å². The quantitative estimate of drug-likeness (QED) is 0.814. The van der Waals surface area contributed by atoms with E-state index in [1.165, 1.54) is 0 Å². The molecule has 1 heterocycles. The molecule has 0 unspecified atom stereocenters. The van der Waals surface area contributed by atoms with Crippen molar-refractivity contribution in [2.24, 2.45) is 5.92 Å². The molecule has 1 N–H and O–H groups in total. The van der Waals surface area contributed by atoms with E-state index >= 15 is 0 Å². The van der Waals surface area contributed by atoms with Gasteiger partial charge < -0.3 is 10.1 Å². The molecule has 1 aliphatic rings. The third kappa shape index (κ3) is 4.55. The highest BCUT2D eigenvalue weighted by Crippen LogP contribution is 2.32. The van der Waals surface area contributed by atoms with Crippen molar-refractivity contribution in [2.45, 2.75) is 25.9 Å². The van der Waals surface area contributed by atoms with Crippen LogP contribution in [0.1, 0.15) is 24.0 Å². The van der Waals surface area contributed by atoms with E-state index in [-0.39, 0.29) is 5.82 Å². The van der Waals surface area contributed by atoms with Gasteiger partial charge in [-0.1, -0.05) is 30.3 Å². The fourth-order valence-electron chi connectivity index (χ4n) is 3.02. The second-order valence-corrected chi connectivity index (χ2v) is 6.91. The summed E-state index contributed by atoms with van der Waals surface area (Å²) in [5.74, 6) is 0.640. The summed E-state index contributed by atoms with van der Waals surface area (Å²) in [5.41, 5.74) is 2.06. The molecule has 2 aromatic rings. The van der Waals surface area contributed by atoms with Crippen LogP contribution in [0.4, 0.5) is 4.39 Å². The van der Waals surface area contributed by atoms with Crippen LogP contribution in [0, 0.1) is 11.7 Å². The van der Waals surface area contributed by atoms with Crippen LogP contribution in [-0.4, -0.2) is 13.1 Å². The van der Waals surface area contributed by atoms with Gasteiger partial charge in [-0.05, 0) is 77.5 Å². The molecule has 0 amide bonds. The Hall–Kier alpha value is -1.39. The molecule has 0 spiro atoms. The van der Waals surface area contributed by atoms with E-state index in [2.05, 4.69) is 21.2 Å². The molecule has 0 aliphatic carbocycles. The molecule has 0 saturated carbocycles. The average Bonchev–Trinajstić information content (AvgIpc) is 2.56. The van der Waals surface area contributed by atoms with Gasteiger partial charge in [0.1, 0.15) is 6.61 Å². The van der Waals surface area contributed by atoms with E-state index in [1.54, 1.807) is 6.07 Å². The molecule has 122 valence electrons. The van der Waals surface area contributed by atoms with Crippen molar-refractivity contribution >= 4 is 15.9 Å². The van der Waals surface area contributed by atoms with E-state index in [1.807, 2.05) is 36.4 Å². The van der Waals surface area contributed by atoms with Gasteiger partial charge in [0.2, 0.25) is 0 Å². The first-order chi connectivity index (χ1) is 11.2. The van der Waals surface area contributed by atoms with Crippen LogP contribution in [0.25, 0.3) is 0 Å². The summed E-state index contributed by atoms with van der Waals surface area (Å²) in [7, 11) is 0. The molecular weight excluding hydrogens is 357 g/mol. The van der Waals surface area contributed by atoms with E-state index in [0.717, 1.165) is 43.5 Å². The largest absolute Gasteiger partial charge is 0.485 e. The van der Waals surface area contributed by atoms with Gasteiger partial charge in [0.05, 0.1) is 4.47 Å². The SMILES string of the molecule is Fc1cc(CC2CCNCC2)cc(Br)c1OCc1ccccc1. The molecular formula is C19H21BrFNO. The zero-order chi connectivity index (χ0) is 16.1. The maximum absolute atomic E-state index is 14.4. The molecule has 1 saturated heterocycles. The lowest BCUT2D eigenvalue weighted by atomic mass is 9.91. The Morgan fingerprint density at radius 1 is 1.09 bits per heavy atom. The van der Waals surface area contributed by atoms with Gasteiger partial charge in [0.15, 0.2) is 11.6 Å². The van der Waals surface area contributed by atoms with Crippen molar-refractivity contribution in [1.29, 1.82) is 0 Å². The van der Waals surface area contributed by atoms with Gasteiger partial charge in [-0.3, -0.25) is 0 Å². The minimum atomic E-state index is -0.292. The summed E-state index contributed by atoms with van der Waals surface area (Å²) in [6.07, 6.45) is 3.24. The average molecular weight is 378 g/mol. The minimum absolute atomic E-state index is 0.292. The molecule has 23 heavy (non-hydrogen) atoms. The van der Waals surface area contributed by atoms with Gasteiger partial charge in [-0.25, -0.2) is 4.39 Å². The molecule has 1 aliphatic heterocycles. The van der Waals surface area contributed by atoms with E-state index < -0.39 is 0 Å². The zero-order valence-electron chi connectivity index (χ0n) is 13.0. The summed E-state index contributed by atoms with van der Waals surface area (Å²) < 4.78 is 20.8. The fourth-order valence-corrected chi connectivity index (χ4v) is 3.61. The van der Waals surface area contributed by atoms with Crippen molar-refractivity contribution in [3.05, 3.63) is 63.9 Å². The van der Waals surface area contributed by atoms with Crippen molar-refractivity contribution in [2.75, 3.05) is 13.1 Å². The third-order valence-electron chi connectivity index (χ3n) is 4.27. The second-order valence-electron chi connectivity index (χ2n) is 6.06. The maximum Gasteiger partial charge on any atom is 0.169 e. The first kappa shape index (κ1) is 16.5. The summed E-state index contributed by atoms with van der Waals surface area (Å²) in [6, 6.07) is 13.4. The number of benzene rings is 2. The molecule has 2 aromatic carbocycles. The molecule has 4 heteroatoms. The number of piperidine rings is 1. The summed E-state index contributed by atoms with van der Waals surface area (Å²) in [5, 5.41) is 3.36. The molecule has 0 radical (unpaired) electrons. The number of nitrogens with one attached hydrogen (secondary N) is 1. The third-order valence-corrected chi connectivity index (χ3v) is 4.86. The van der Waals surface area contributed by atoms with Crippen molar-refractivity contribution in [3.63, 3.8) is 0 Å². The molecule has 1 fully saturated rings. The highest BCUT2D eigenvalue weighted by Gasteiger charge is 2.16. The number of rotatable bonds is 5. The van der Waals surface area contributed by atoms with Crippen molar-refractivity contribution < 1.29 is 9.13 Å². The lowest BCUT2D eigenvalue weighted by Gasteiger charge is -2.23. The topological polar surface area (TPSA) is 21.3 Å². The number of hydrogen-bond acceptors (Lipinski definition) is 2. The van der Waals surface area contributed by atoms with Gasteiger partial charge in [0.25, 0.3) is 0 Å². The molecule has 3 rings (SSSR count). The molecule has 0 aromatic heterocycles. The normalized spacial score (nSPS) is 15.6. The smallest absolute Gasteiger partial charge is 0.169 e. The Labute approximate surface area is 145 Å². The lowest BCUT2D eigenvalue weighted by molar-refractivity contribution is 0.287. The Morgan fingerprint density at radius 3 is 2.52 bits per heavy atom. The zero-order valence-corrected chi connectivity index (χ0v) is 14.6. The summed E-state index contributed by atoms with van der Waals surface area (Å²) >= 11 is 3.46. The lowest BCUT2D eigenvalue weighted by Crippen LogP contribution is -2.28. The predicted octanol–water partition coefficient (Wildman–Crippen LogP) is 4.71. The molecule has 0 atom stereocenters. The highest BCUT2D eigenvalue weighted by atomic mass is 79.9. The van der Waals surface area contributed by atoms with Gasteiger partial charge in [0, 0.05) is 0 Å². The van der Waals surface area contributed by atoms with Crippen LogP contribution in [0.5, 0.6) is 5.75 Å². The first-order valence-corrected chi connectivity index (χ1v) is 8.87. The van der Waals surface area contributed by atoms with Crippen LogP contribution in [-0.2, 0) is 13.0 Å². The number of hydrogen-bond donors (Lipinski definition) is 1. The number of halogens is 2. The Bertz CT molecular complexity index is 618. The van der Waals surface area contributed by atoms with Gasteiger partial charge in [-0.15, -0.1) is 0 Å². The monoisotopic (exact) mass is 377 g/mol. The Balaban J connectivity index is 1.67. The van der Waals surface area contributed by atoms with Crippen LogP contribution in [0.2, 0.25) is 0 Å². The molecule has 2 nitrogen and oxygen atoms in total. The fraction of sp³-hybridized carbons (Fsp3) is 0.368. The van der Waals surface area contributed by atoms with Crippen LogP contribution in [0.3, 0.4) is 0 Å². The maximum atomic E-state index is 14.4. The predicted molar refractivity (Wildman–Crippen MR) is 94.2 cm³/mol. The summed E-state index contributed by atoms with van der Waals surface area (Å²) in [6.45, 7) is 2.49. The van der Waals surface area contributed by atoms with Crippen LogP contribution < -0.4 is 10.1 Å². The Kier molecular flexibility index (Phi) is 5.68. The summed E-state index contributed by atoms with van der Waals surface area (Å²) in [4.78, 5) is 0. The van der Waals surface area contributed by atoms with Crippen LogP contribution in [0.15, 0.2) is 46.9 Å². The highest BCUT2D eigenvalue weighted by molar-refractivity contribution is 9.10.